The second kappa shape index (κ2) is 7.30. The minimum absolute atomic E-state index is 0.00998. The molecular formula is C22H23FN2O3S. The molecule has 1 saturated carbocycles. The molecule has 7 heteroatoms. The van der Waals surface area contributed by atoms with Crippen molar-refractivity contribution < 1.29 is 12.8 Å². The molecule has 4 rings (SSSR count). The van der Waals surface area contributed by atoms with Gasteiger partial charge in [-0.05, 0) is 60.5 Å². The lowest BCUT2D eigenvalue weighted by Crippen LogP contribution is -2.17. The van der Waals surface area contributed by atoms with Crippen LogP contribution in [0.1, 0.15) is 19.8 Å². The van der Waals surface area contributed by atoms with E-state index < -0.39 is 15.7 Å². The Kier molecular flexibility index (Phi) is 4.94. The molecule has 3 aromatic rings. The number of hydrogen-bond acceptors (Lipinski definition) is 4. The Balaban J connectivity index is 1.99. The van der Waals surface area contributed by atoms with Gasteiger partial charge in [0, 0.05) is 42.0 Å². The normalized spacial score (nSPS) is 14.3. The molecule has 5 nitrogen and oxygen atoms in total. The van der Waals surface area contributed by atoms with Crippen molar-refractivity contribution in [3.05, 3.63) is 58.8 Å². The van der Waals surface area contributed by atoms with E-state index in [2.05, 4.69) is 5.32 Å². The summed E-state index contributed by atoms with van der Waals surface area (Å²) in [5.41, 5.74) is 1.81. The summed E-state index contributed by atoms with van der Waals surface area (Å²) in [5.74, 6) is 0.164. The molecule has 1 heterocycles. The Hall–Kier alpha value is -2.67. The van der Waals surface area contributed by atoms with Gasteiger partial charge in [-0.15, -0.1) is 0 Å². The van der Waals surface area contributed by atoms with Gasteiger partial charge in [-0.2, -0.15) is 0 Å². The van der Waals surface area contributed by atoms with Crippen molar-refractivity contribution in [1.29, 1.82) is 0 Å². The highest BCUT2D eigenvalue weighted by Gasteiger charge is 2.22. The third-order valence-electron chi connectivity index (χ3n) is 5.44. The topological polar surface area (TPSA) is 68.2 Å². The first-order valence-corrected chi connectivity index (χ1v) is 11.4. The van der Waals surface area contributed by atoms with Crippen molar-refractivity contribution in [2.45, 2.75) is 24.7 Å². The molecule has 0 atom stereocenters. The van der Waals surface area contributed by atoms with Gasteiger partial charge in [0.1, 0.15) is 5.82 Å². The molecule has 1 aliphatic rings. The van der Waals surface area contributed by atoms with Crippen molar-refractivity contribution in [1.82, 2.24) is 4.57 Å². The molecule has 1 aliphatic carbocycles. The van der Waals surface area contributed by atoms with Crippen LogP contribution in [0.2, 0.25) is 0 Å². The molecule has 0 aliphatic heterocycles. The Morgan fingerprint density at radius 2 is 1.86 bits per heavy atom. The van der Waals surface area contributed by atoms with E-state index in [4.69, 9.17) is 0 Å². The summed E-state index contributed by atoms with van der Waals surface area (Å²) in [6.45, 7) is 2.40. The number of rotatable bonds is 6. The van der Waals surface area contributed by atoms with Crippen LogP contribution in [0.15, 0.2) is 52.3 Å². The highest BCUT2D eigenvalue weighted by Crippen LogP contribution is 2.36. The molecule has 1 N–H and O–H groups in total. The fraction of sp³-hybridized carbons (Fsp3) is 0.318. The Bertz CT molecular complexity index is 1260. The highest BCUT2D eigenvalue weighted by atomic mass is 32.2. The molecule has 152 valence electrons. The predicted molar refractivity (Wildman–Crippen MR) is 114 cm³/mol. The summed E-state index contributed by atoms with van der Waals surface area (Å²) in [7, 11) is -1.78. The fourth-order valence-corrected chi connectivity index (χ4v) is 4.40. The van der Waals surface area contributed by atoms with Crippen LogP contribution in [0.4, 0.5) is 10.1 Å². The predicted octanol–water partition coefficient (Wildman–Crippen LogP) is 3.96. The van der Waals surface area contributed by atoms with Gasteiger partial charge >= 0.3 is 0 Å². The average Bonchev–Trinajstić information content (AvgIpc) is 3.53. The Labute approximate surface area is 169 Å². The van der Waals surface area contributed by atoms with Gasteiger partial charge in [-0.3, -0.25) is 4.79 Å². The third kappa shape index (κ3) is 3.79. The van der Waals surface area contributed by atoms with Crippen LogP contribution in [0.3, 0.4) is 0 Å². The number of fused-ring (bicyclic) bond motifs is 1. The standard InChI is InChI=1S/C22H23FN2O3S/c1-3-29(27,28)16-7-9-21(24-12-14-4-5-14)19(11-16)20-13-25(2)22(26)17-8-6-15(23)10-18(17)20/h6-11,13-14,24H,3-5,12H2,1-2H3. The van der Waals surface area contributed by atoms with Crippen LogP contribution < -0.4 is 10.9 Å². The minimum Gasteiger partial charge on any atom is -0.384 e. The summed E-state index contributed by atoms with van der Waals surface area (Å²) in [5, 5.41) is 4.27. The molecule has 2 aromatic carbocycles. The van der Waals surface area contributed by atoms with E-state index in [9.17, 15) is 17.6 Å². The number of hydrogen-bond donors (Lipinski definition) is 1. The van der Waals surface area contributed by atoms with Gasteiger partial charge in [0.25, 0.3) is 5.56 Å². The van der Waals surface area contributed by atoms with Gasteiger partial charge < -0.3 is 9.88 Å². The smallest absolute Gasteiger partial charge is 0.258 e. The number of anilines is 1. The van der Waals surface area contributed by atoms with Crippen LogP contribution in [0, 0.1) is 11.7 Å². The summed E-state index contributed by atoms with van der Waals surface area (Å²) >= 11 is 0. The number of aromatic nitrogens is 1. The lowest BCUT2D eigenvalue weighted by molar-refractivity contribution is 0.597. The first-order valence-electron chi connectivity index (χ1n) is 9.70. The minimum atomic E-state index is -3.41. The number of aryl methyl sites for hydroxylation is 1. The van der Waals surface area contributed by atoms with E-state index in [0.717, 1.165) is 12.2 Å². The molecule has 0 unspecified atom stereocenters. The number of benzene rings is 2. The van der Waals surface area contributed by atoms with Gasteiger partial charge in [0.2, 0.25) is 0 Å². The molecule has 0 spiro atoms. The lowest BCUT2D eigenvalue weighted by Gasteiger charge is -2.17. The zero-order valence-corrected chi connectivity index (χ0v) is 17.2. The molecule has 0 amide bonds. The lowest BCUT2D eigenvalue weighted by atomic mass is 9.98. The molecule has 0 radical (unpaired) electrons. The summed E-state index contributed by atoms with van der Waals surface area (Å²) in [6, 6.07) is 9.05. The van der Waals surface area contributed by atoms with Gasteiger partial charge in [-0.25, -0.2) is 12.8 Å². The zero-order valence-electron chi connectivity index (χ0n) is 16.4. The first kappa shape index (κ1) is 19.6. The summed E-state index contributed by atoms with van der Waals surface area (Å²) < 4.78 is 40.4. The molecule has 1 fully saturated rings. The largest absolute Gasteiger partial charge is 0.384 e. The quantitative estimate of drug-likeness (QED) is 0.663. The van der Waals surface area contributed by atoms with Gasteiger partial charge in [-0.1, -0.05) is 6.92 Å². The monoisotopic (exact) mass is 414 g/mol. The van der Waals surface area contributed by atoms with Gasteiger partial charge in [0.05, 0.1) is 10.6 Å². The second-order valence-corrected chi connectivity index (χ2v) is 9.86. The van der Waals surface area contributed by atoms with Crippen LogP contribution >= 0.6 is 0 Å². The maximum Gasteiger partial charge on any atom is 0.258 e. The van der Waals surface area contributed by atoms with E-state index in [1.54, 1.807) is 38.4 Å². The van der Waals surface area contributed by atoms with Crippen molar-refractivity contribution in [2.75, 3.05) is 17.6 Å². The van der Waals surface area contributed by atoms with E-state index in [1.165, 1.54) is 35.6 Å². The van der Waals surface area contributed by atoms with Gasteiger partial charge in [0.15, 0.2) is 9.84 Å². The Morgan fingerprint density at radius 1 is 1.10 bits per heavy atom. The molecule has 0 bridgehead atoms. The molecule has 1 aromatic heterocycles. The SMILES string of the molecule is CCS(=O)(=O)c1ccc(NCC2CC2)c(-c2cn(C)c(=O)c3ccc(F)cc23)c1. The number of nitrogens with one attached hydrogen (secondary N) is 1. The van der Waals surface area contributed by atoms with E-state index in [0.29, 0.717) is 27.8 Å². The average molecular weight is 415 g/mol. The van der Waals surface area contributed by atoms with Crippen LogP contribution in [0.25, 0.3) is 21.9 Å². The number of halogens is 1. The molecule has 0 saturated heterocycles. The summed E-state index contributed by atoms with van der Waals surface area (Å²) in [4.78, 5) is 12.7. The van der Waals surface area contributed by atoms with Crippen LogP contribution in [-0.4, -0.2) is 25.3 Å². The highest BCUT2D eigenvalue weighted by molar-refractivity contribution is 7.91. The van der Waals surface area contributed by atoms with E-state index in [1.807, 2.05) is 0 Å². The molecular weight excluding hydrogens is 391 g/mol. The second-order valence-electron chi connectivity index (χ2n) is 7.58. The van der Waals surface area contributed by atoms with E-state index in [-0.39, 0.29) is 16.2 Å². The zero-order chi connectivity index (χ0) is 20.8. The van der Waals surface area contributed by atoms with E-state index >= 15 is 0 Å². The molecule has 29 heavy (non-hydrogen) atoms. The number of pyridine rings is 1. The maximum absolute atomic E-state index is 14.0. The fourth-order valence-electron chi connectivity index (χ4n) is 3.49. The first-order chi connectivity index (χ1) is 13.8. The Morgan fingerprint density at radius 3 is 2.55 bits per heavy atom. The van der Waals surface area contributed by atoms with Crippen molar-refractivity contribution in [2.24, 2.45) is 13.0 Å². The van der Waals surface area contributed by atoms with Crippen molar-refractivity contribution >= 4 is 26.3 Å². The van der Waals surface area contributed by atoms with Crippen molar-refractivity contribution in [3.8, 4) is 11.1 Å². The van der Waals surface area contributed by atoms with Crippen LogP contribution in [0.5, 0.6) is 0 Å². The maximum atomic E-state index is 14.0. The number of nitrogens with zero attached hydrogens (tertiary/aromatic N) is 1. The van der Waals surface area contributed by atoms with Crippen LogP contribution in [-0.2, 0) is 16.9 Å². The summed E-state index contributed by atoms with van der Waals surface area (Å²) in [6.07, 6.45) is 4.00. The van der Waals surface area contributed by atoms with Crippen molar-refractivity contribution in [3.63, 3.8) is 0 Å². The third-order valence-corrected chi connectivity index (χ3v) is 7.18. The number of sulfone groups is 1.